The second-order valence-electron chi connectivity index (χ2n) is 11.4. The average molecular weight is 585 g/mol. The maximum absolute atomic E-state index is 13.8. The van der Waals surface area contributed by atoms with E-state index in [1.54, 1.807) is 17.3 Å². The predicted octanol–water partition coefficient (Wildman–Crippen LogP) is 2.23. The average Bonchev–Trinajstić information content (AvgIpc) is 3.83. The molecule has 11 nitrogen and oxygen atoms in total. The maximum Gasteiger partial charge on any atom is 0.326 e. The summed E-state index contributed by atoms with van der Waals surface area (Å²) in [7, 11) is 0. The third-order valence-electron chi connectivity index (χ3n) is 8.64. The second kappa shape index (κ2) is 12.3. The van der Waals surface area contributed by atoms with Gasteiger partial charge in [-0.05, 0) is 55.5 Å². The van der Waals surface area contributed by atoms with Crippen molar-refractivity contribution in [3.05, 3.63) is 72.1 Å². The number of fused-ring (bicyclic) bond motifs is 2. The lowest BCUT2D eigenvalue weighted by Crippen LogP contribution is -2.57. The second-order valence-corrected chi connectivity index (χ2v) is 11.4. The van der Waals surface area contributed by atoms with E-state index >= 15 is 0 Å². The zero-order chi connectivity index (χ0) is 29.9. The van der Waals surface area contributed by atoms with Gasteiger partial charge in [0.05, 0.1) is 6.04 Å². The van der Waals surface area contributed by atoms with E-state index in [0.717, 1.165) is 52.3 Å². The van der Waals surface area contributed by atoms with Crippen LogP contribution in [0.3, 0.4) is 0 Å². The molecule has 2 fully saturated rings. The van der Waals surface area contributed by atoms with Crippen LogP contribution in [0.1, 0.15) is 36.8 Å². The summed E-state index contributed by atoms with van der Waals surface area (Å²) < 4.78 is 0. The van der Waals surface area contributed by atoms with Crippen molar-refractivity contribution in [2.45, 2.75) is 62.7 Å². The number of carbonyl (C=O) groups excluding carboxylic acids is 3. The van der Waals surface area contributed by atoms with Crippen LogP contribution in [0, 0.1) is 0 Å². The molecule has 2 aliphatic rings. The van der Waals surface area contributed by atoms with Gasteiger partial charge in [0.1, 0.15) is 18.1 Å². The van der Waals surface area contributed by atoms with E-state index in [2.05, 4.69) is 25.9 Å². The Morgan fingerprint density at radius 3 is 2.07 bits per heavy atom. The van der Waals surface area contributed by atoms with Gasteiger partial charge in [0.25, 0.3) is 0 Å². The molecule has 0 bridgehead atoms. The molecule has 3 amide bonds. The van der Waals surface area contributed by atoms with E-state index in [0.29, 0.717) is 19.4 Å². The number of nitrogens with zero attached hydrogens (tertiary/aromatic N) is 1. The van der Waals surface area contributed by atoms with Crippen LogP contribution in [0.25, 0.3) is 21.8 Å². The number of carboxylic acid groups (broad SMARTS) is 1. The first-order valence-corrected chi connectivity index (χ1v) is 14.9. The largest absolute Gasteiger partial charge is 0.480 e. The van der Waals surface area contributed by atoms with Crippen LogP contribution in [0.4, 0.5) is 0 Å². The summed E-state index contributed by atoms with van der Waals surface area (Å²) in [5, 5.41) is 20.6. The number of carbonyl (C=O) groups is 4. The highest BCUT2D eigenvalue weighted by molar-refractivity contribution is 5.95. The summed E-state index contributed by atoms with van der Waals surface area (Å²) in [5.74, 6) is -2.27. The molecule has 2 aliphatic heterocycles. The molecule has 4 heterocycles. The Bertz CT molecular complexity index is 1650. The topological polar surface area (TPSA) is 159 Å². The molecule has 2 aromatic heterocycles. The Morgan fingerprint density at radius 1 is 0.837 bits per heavy atom. The highest BCUT2D eigenvalue weighted by atomic mass is 16.4. The van der Waals surface area contributed by atoms with E-state index in [4.69, 9.17) is 0 Å². The zero-order valence-electron chi connectivity index (χ0n) is 23.8. The number of hydrogen-bond donors (Lipinski definition) is 6. The summed E-state index contributed by atoms with van der Waals surface area (Å²) in [6.45, 7) is 1.26. The minimum Gasteiger partial charge on any atom is -0.480 e. The third-order valence-corrected chi connectivity index (χ3v) is 8.64. The normalized spacial score (nSPS) is 19.9. The number of amides is 3. The molecule has 6 rings (SSSR count). The van der Waals surface area contributed by atoms with Crippen molar-refractivity contribution >= 4 is 45.5 Å². The van der Waals surface area contributed by atoms with E-state index in [1.165, 1.54) is 0 Å². The number of carboxylic acids is 1. The number of H-pyrrole nitrogens is 2. The molecule has 2 aromatic carbocycles. The van der Waals surface area contributed by atoms with Crippen LogP contribution in [0.15, 0.2) is 60.9 Å². The highest BCUT2D eigenvalue weighted by Crippen LogP contribution is 2.23. The van der Waals surface area contributed by atoms with Gasteiger partial charge in [-0.2, -0.15) is 0 Å². The fraction of sp³-hybridized carbons (Fsp3) is 0.375. The van der Waals surface area contributed by atoms with Gasteiger partial charge in [0.15, 0.2) is 0 Å². The van der Waals surface area contributed by atoms with Gasteiger partial charge in [0.2, 0.25) is 17.7 Å². The number of para-hydroxylation sites is 2. The smallest absolute Gasteiger partial charge is 0.326 e. The van der Waals surface area contributed by atoms with Gasteiger partial charge in [-0.3, -0.25) is 14.4 Å². The van der Waals surface area contributed by atoms with Crippen LogP contribution in [-0.2, 0) is 32.0 Å². The fourth-order valence-corrected chi connectivity index (χ4v) is 6.39. The van der Waals surface area contributed by atoms with Gasteiger partial charge >= 0.3 is 5.97 Å². The van der Waals surface area contributed by atoms with E-state index < -0.39 is 35.9 Å². The van der Waals surface area contributed by atoms with Gasteiger partial charge in [-0.1, -0.05) is 36.4 Å². The zero-order valence-corrected chi connectivity index (χ0v) is 23.8. The number of hydrogen-bond acceptors (Lipinski definition) is 5. The molecule has 43 heavy (non-hydrogen) atoms. The van der Waals surface area contributed by atoms with Crippen molar-refractivity contribution in [1.29, 1.82) is 0 Å². The molecular weight excluding hydrogens is 548 g/mol. The van der Waals surface area contributed by atoms with Gasteiger partial charge < -0.3 is 35.9 Å². The molecule has 224 valence electrons. The lowest BCUT2D eigenvalue weighted by molar-refractivity contribution is -0.143. The number of aromatic amines is 2. The first-order valence-electron chi connectivity index (χ1n) is 14.9. The van der Waals surface area contributed by atoms with Crippen molar-refractivity contribution in [1.82, 2.24) is 30.8 Å². The number of rotatable bonds is 10. The lowest BCUT2D eigenvalue weighted by Gasteiger charge is -2.28. The first kappa shape index (κ1) is 28.5. The summed E-state index contributed by atoms with van der Waals surface area (Å²) in [5.41, 5.74) is 3.35. The summed E-state index contributed by atoms with van der Waals surface area (Å²) in [6.07, 6.45) is 6.62. The van der Waals surface area contributed by atoms with Gasteiger partial charge in [-0.15, -0.1) is 0 Å². The van der Waals surface area contributed by atoms with Crippen molar-refractivity contribution in [3.8, 4) is 0 Å². The number of aliphatic carboxylic acids is 1. The molecule has 2 saturated heterocycles. The maximum atomic E-state index is 13.8. The van der Waals surface area contributed by atoms with E-state index in [1.807, 2.05) is 48.5 Å². The molecular formula is C32H36N6O5. The number of benzene rings is 2. The third kappa shape index (κ3) is 5.98. The molecule has 0 unspecified atom stereocenters. The summed E-state index contributed by atoms with van der Waals surface area (Å²) >= 11 is 0. The minimum atomic E-state index is -1.22. The van der Waals surface area contributed by atoms with E-state index in [9.17, 15) is 24.3 Å². The number of aromatic nitrogens is 2. The molecule has 11 heteroatoms. The predicted molar refractivity (Wildman–Crippen MR) is 161 cm³/mol. The molecule has 6 N–H and O–H groups in total. The molecule has 0 radical (unpaired) electrons. The number of nitrogens with one attached hydrogen (secondary N) is 5. The Balaban J connectivity index is 1.23. The van der Waals surface area contributed by atoms with Crippen LogP contribution >= 0.6 is 0 Å². The van der Waals surface area contributed by atoms with Crippen LogP contribution in [0.5, 0.6) is 0 Å². The minimum absolute atomic E-state index is 0.0676. The van der Waals surface area contributed by atoms with Gasteiger partial charge in [0, 0.05) is 53.6 Å². The molecule has 4 aromatic rings. The Hall–Kier alpha value is -4.64. The standard InChI is InChI=1S/C32H36N6O5/c39-29(37-27(32(42)43)16-20-18-35-24-10-4-2-8-22(20)24)26(15-19-17-34-23-9-3-1-7-21(19)23)36-30(40)28-12-6-14-38(28)31(41)25-11-5-13-33-25/h1-4,7-10,17-18,25-28,33-35H,5-6,11-16H2,(H,36,40)(H,37,39)(H,42,43)/t25-,26-,27-,28-/m0/s1. The summed E-state index contributed by atoms with van der Waals surface area (Å²) in [4.78, 5) is 60.9. The van der Waals surface area contributed by atoms with E-state index in [-0.39, 0.29) is 24.8 Å². The first-order chi connectivity index (χ1) is 20.9. The van der Waals surface area contributed by atoms with Crippen LogP contribution in [0.2, 0.25) is 0 Å². The molecule has 0 spiro atoms. The SMILES string of the molecule is O=C(O)[C@H](Cc1c[nH]c2ccccc12)NC(=O)[C@H](Cc1c[nH]c2ccccc12)NC(=O)[C@@H]1CCCN1C(=O)[C@@H]1CCCN1. The molecule has 0 saturated carbocycles. The monoisotopic (exact) mass is 584 g/mol. The van der Waals surface area contributed by atoms with Crippen LogP contribution < -0.4 is 16.0 Å². The Labute approximate surface area is 248 Å². The van der Waals surface area contributed by atoms with Gasteiger partial charge in [-0.25, -0.2) is 4.79 Å². The van der Waals surface area contributed by atoms with Crippen molar-refractivity contribution < 1.29 is 24.3 Å². The summed E-state index contributed by atoms with van der Waals surface area (Å²) in [6, 6.07) is 12.0. The Kier molecular flexibility index (Phi) is 8.15. The Morgan fingerprint density at radius 2 is 1.47 bits per heavy atom. The lowest BCUT2D eigenvalue weighted by atomic mass is 10.0. The molecule has 0 aliphatic carbocycles. The quantitative estimate of drug-likeness (QED) is 0.168. The number of likely N-dealkylation sites (tertiary alicyclic amines) is 1. The van der Waals surface area contributed by atoms with Crippen molar-refractivity contribution in [2.24, 2.45) is 0 Å². The highest BCUT2D eigenvalue weighted by Gasteiger charge is 2.39. The fourth-order valence-electron chi connectivity index (χ4n) is 6.39. The van der Waals surface area contributed by atoms with Crippen molar-refractivity contribution in [3.63, 3.8) is 0 Å². The molecule has 4 atom stereocenters. The van der Waals surface area contributed by atoms with Crippen molar-refractivity contribution in [2.75, 3.05) is 13.1 Å². The van der Waals surface area contributed by atoms with Crippen LogP contribution in [-0.4, -0.2) is 80.9 Å².